The molecular weight excluding hydrogens is 268 g/mol. The van der Waals surface area contributed by atoms with Gasteiger partial charge in [0.15, 0.2) is 0 Å². The van der Waals surface area contributed by atoms with Gasteiger partial charge in [0.1, 0.15) is 5.75 Å². The number of amides is 2. The molecule has 0 saturated carbocycles. The van der Waals surface area contributed by atoms with Crippen molar-refractivity contribution in [2.24, 2.45) is 0 Å². The SMILES string of the molecule is COc1ccc(Cl)cc1N(CCNC(C)=O)C(C)=O. The van der Waals surface area contributed by atoms with E-state index in [-0.39, 0.29) is 11.8 Å². The van der Waals surface area contributed by atoms with Gasteiger partial charge in [-0.05, 0) is 18.2 Å². The summed E-state index contributed by atoms with van der Waals surface area (Å²) in [5.74, 6) is 0.273. The topological polar surface area (TPSA) is 58.6 Å². The van der Waals surface area contributed by atoms with E-state index in [0.29, 0.717) is 29.5 Å². The van der Waals surface area contributed by atoms with Crippen molar-refractivity contribution in [3.63, 3.8) is 0 Å². The summed E-state index contributed by atoms with van der Waals surface area (Å²) in [7, 11) is 1.53. The van der Waals surface area contributed by atoms with E-state index in [9.17, 15) is 9.59 Å². The summed E-state index contributed by atoms with van der Waals surface area (Å²) in [6.07, 6.45) is 0. The average Bonchev–Trinajstić information content (AvgIpc) is 2.34. The largest absolute Gasteiger partial charge is 0.495 e. The lowest BCUT2D eigenvalue weighted by molar-refractivity contribution is -0.119. The summed E-state index contributed by atoms with van der Waals surface area (Å²) in [6, 6.07) is 5.05. The fourth-order valence-electron chi connectivity index (χ4n) is 1.67. The first-order valence-corrected chi connectivity index (χ1v) is 6.19. The quantitative estimate of drug-likeness (QED) is 0.897. The maximum atomic E-state index is 11.7. The van der Waals surface area contributed by atoms with Crippen molar-refractivity contribution in [1.82, 2.24) is 5.32 Å². The third-order valence-corrected chi connectivity index (χ3v) is 2.76. The Morgan fingerprint density at radius 1 is 1.37 bits per heavy atom. The summed E-state index contributed by atoms with van der Waals surface area (Å²) in [4.78, 5) is 24.1. The minimum atomic E-state index is -0.147. The molecule has 0 aromatic heterocycles. The van der Waals surface area contributed by atoms with E-state index in [1.54, 1.807) is 18.2 Å². The summed E-state index contributed by atoms with van der Waals surface area (Å²) in [6.45, 7) is 3.60. The molecule has 0 radical (unpaired) electrons. The first kappa shape index (κ1) is 15.3. The van der Waals surface area contributed by atoms with Gasteiger partial charge in [-0.1, -0.05) is 11.6 Å². The molecule has 1 aromatic rings. The standard InChI is InChI=1S/C13H17ClN2O3/c1-9(17)15-6-7-16(10(2)18)12-8-11(14)4-5-13(12)19-3/h4-5,8H,6-7H2,1-3H3,(H,15,17). The van der Waals surface area contributed by atoms with Crippen LogP contribution in [0.15, 0.2) is 18.2 Å². The molecule has 0 heterocycles. The molecule has 0 aliphatic carbocycles. The molecular formula is C13H17ClN2O3. The van der Waals surface area contributed by atoms with E-state index in [1.165, 1.54) is 25.9 Å². The molecule has 0 aliphatic heterocycles. The van der Waals surface area contributed by atoms with Gasteiger partial charge in [0.05, 0.1) is 12.8 Å². The molecule has 1 rings (SSSR count). The highest BCUT2D eigenvalue weighted by atomic mass is 35.5. The Morgan fingerprint density at radius 3 is 2.58 bits per heavy atom. The smallest absolute Gasteiger partial charge is 0.224 e. The zero-order chi connectivity index (χ0) is 14.4. The lowest BCUT2D eigenvalue weighted by Crippen LogP contribution is -2.37. The zero-order valence-electron chi connectivity index (χ0n) is 11.2. The van der Waals surface area contributed by atoms with Gasteiger partial charge in [0.25, 0.3) is 0 Å². The number of carbonyl (C=O) groups excluding carboxylic acids is 2. The number of ether oxygens (including phenoxy) is 1. The van der Waals surface area contributed by atoms with Crippen LogP contribution in [0.3, 0.4) is 0 Å². The Hall–Kier alpha value is -1.75. The number of rotatable bonds is 5. The minimum absolute atomic E-state index is 0.137. The fraction of sp³-hybridized carbons (Fsp3) is 0.385. The number of benzene rings is 1. The maximum absolute atomic E-state index is 11.7. The van der Waals surface area contributed by atoms with E-state index in [0.717, 1.165) is 0 Å². The van der Waals surface area contributed by atoms with Gasteiger partial charge in [-0.2, -0.15) is 0 Å². The summed E-state index contributed by atoms with van der Waals surface area (Å²) >= 11 is 5.94. The van der Waals surface area contributed by atoms with Crippen molar-refractivity contribution in [1.29, 1.82) is 0 Å². The van der Waals surface area contributed by atoms with E-state index in [4.69, 9.17) is 16.3 Å². The van der Waals surface area contributed by atoms with Gasteiger partial charge in [-0.3, -0.25) is 9.59 Å². The fourth-order valence-corrected chi connectivity index (χ4v) is 1.83. The molecule has 0 bridgehead atoms. The third-order valence-electron chi connectivity index (χ3n) is 2.52. The molecule has 0 fully saturated rings. The van der Waals surface area contributed by atoms with Crippen LogP contribution in [0.4, 0.5) is 5.69 Å². The molecule has 0 aliphatic rings. The van der Waals surface area contributed by atoms with Gasteiger partial charge in [0.2, 0.25) is 11.8 Å². The highest BCUT2D eigenvalue weighted by Gasteiger charge is 2.16. The van der Waals surface area contributed by atoms with E-state index < -0.39 is 0 Å². The Kier molecular flexibility index (Phi) is 5.63. The monoisotopic (exact) mass is 284 g/mol. The Balaban J connectivity index is 2.95. The number of carbonyl (C=O) groups is 2. The van der Waals surface area contributed by atoms with Gasteiger partial charge in [-0.15, -0.1) is 0 Å². The minimum Gasteiger partial charge on any atom is -0.495 e. The van der Waals surface area contributed by atoms with E-state index in [2.05, 4.69) is 5.32 Å². The molecule has 19 heavy (non-hydrogen) atoms. The second-order valence-electron chi connectivity index (χ2n) is 3.97. The number of methoxy groups -OCH3 is 1. The molecule has 104 valence electrons. The lowest BCUT2D eigenvalue weighted by Gasteiger charge is -2.23. The Morgan fingerprint density at radius 2 is 2.05 bits per heavy atom. The lowest BCUT2D eigenvalue weighted by atomic mass is 10.2. The number of hydrogen-bond acceptors (Lipinski definition) is 3. The van der Waals surface area contributed by atoms with Crippen molar-refractivity contribution in [3.05, 3.63) is 23.2 Å². The van der Waals surface area contributed by atoms with E-state index >= 15 is 0 Å². The molecule has 0 spiro atoms. The number of halogens is 1. The summed E-state index contributed by atoms with van der Waals surface area (Å²) in [5.41, 5.74) is 0.591. The maximum Gasteiger partial charge on any atom is 0.224 e. The van der Waals surface area contributed by atoms with Crippen LogP contribution in [0, 0.1) is 0 Å². The first-order chi connectivity index (χ1) is 8.95. The van der Waals surface area contributed by atoms with Crippen molar-refractivity contribution < 1.29 is 14.3 Å². The van der Waals surface area contributed by atoms with Crippen LogP contribution in [0.2, 0.25) is 5.02 Å². The van der Waals surface area contributed by atoms with Gasteiger partial charge < -0.3 is 15.0 Å². The molecule has 1 aromatic carbocycles. The van der Waals surface area contributed by atoms with Crippen molar-refractivity contribution in [3.8, 4) is 5.75 Å². The second-order valence-corrected chi connectivity index (χ2v) is 4.41. The highest BCUT2D eigenvalue weighted by molar-refractivity contribution is 6.31. The molecule has 5 nitrogen and oxygen atoms in total. The van der Waals surface area contributed by atoms with Crippen LogP contribution in [0.5, 0.6) is 5.75 Å². The van der Waals surface area contributed by atoms with Crippen LogP contribution in [0.25, 0.3) is 0 Å². The summed E-state index contributed by atoms with van der Waals surface area (Å²) in [5, 5.41) is 3.16. The van der Waals surface area contributed by atoms with Crippen LogP contribution in [0.1, 0.15) is 13.8 Å². The van der Waals surface area contributed by atoms with Gasteiger partial charge in [0, 0.05) is 32.0 Å². The molecule has 0 unspecified atom stereocenters. The molecule has 1 N–H and O–H groups in total. The molecule has 2 amide bonds. The van der Waals surface area contributed by atoms with Crippen molar-refractivity contribution in [2.45, 2.75) is 13.8 Å². The van der Waals surface area contributed by atoms with Gasteiger partial charge in [-0.25, -0.2) is 0 Å². The Labute approximate surface area is 117 Å². The van der Waals surface area contributed by atoms with Gasteiger partial charge >= 0.3 is 0 Å². The number of hydrogen-bond donors (Lipinski definition) is 1. The summed E-state index contributed by atoms with van der Waals surface area (Å²) < 4.78 is 5.22. The van der Waals surface area contributed by atoms with E-state index in [1.807, 2.05) is 0 Å². The first-order valence-electron chi connectivity index (χ1n) is 5.81. The van der Waals surface area contributed by atoms with Crippen LogP contribution in [-0.4, -0.2) is 32.0 Å². The third kappa shape index (κ3) is 4.44. The molecule has 6 heteroatoms. The molecule has 0 saturated heterocycles. The number of nitrogens with one attached hydrogen (secondary N) is 1. The predicted octanol–water partition coefficient (Wildman–Crippen LogP) is 1.84. The second kappa shape index (κ2) is 6.99. The molecule has 0 atom stereocenters. The predicted molar refractivity (Wildman–Crippen MR) is 74.7 cm³/mol. The average molecular weight is 285 g/mol. The number of nitrogens with zero attached hydrogens (tertiary/aromatic N) is 1. The zero-order valence-corrected chi connectivity index (χ0v) is 12.0. The van der Waals surface area contributed by atoms with Crippen LogP contribution in [-0.2, 0) is 9.59 Å². The van der Waals surface area contributed by atoms with Crippen molar-refractivity contribution >= 4 is 29.1 Å². The van der Waals surface area contributed by atoms with Crippen molar-refractivity contribution in [2.75, 3.05) is 25.1 Å². The number of anilines is 1. The normalized spacial score (nSPS) is 9.89. The Bertz CT molecular complexity index is 477. The highest BCUT2D eigenvalue weighted by Crippen LogP contribution is 2.31. The van der Waals surface area contributed by atoms with Crippen LogP contribution >= 0.6 is 11.6 Å². The van der Waals surface area contributed by atoms with Crippen LogP contribution < -0.4 is 15.0 Å².